The van der Waals surface area contributed by atoms with Crippen molar-refractivity contribution in [3.8, 4) is 11.3 Å². The van der Waals surface area contributed by atoms with Crippen LogP contribution in [0.5, 0.6) is 0 Å². The number of hydrogen-bond acceptors (Lipinski definition) is 2. The van der Waals surface area contributed by atoms with Crippen LogP contribution in [0.3, 0.4) is 0 Å². The summed E-state index contributed by atoms with van der Waals surface area (Å²) in [7, 11) is 0. The van der Waals surface area contributed by atoms with Crippen LogP contribution in [-0.2, 0) is 11.3 Å². The molecule has 120 valence electrons. The third kappa shape index (κ3) is 4.46. The molecule has 3 nitrogen and oxygen atoms in total. The second-order valence-corrected chi connectivity index (χ2v) is 6.16. The van der Waals surface area contributed by atoms with E-state index in [1.165, 1.54) is 6.08 Å². The molecule has 1 heterocycles. The molecule has 0 unspecified atom stereocenters. The number of halogens is 1. The van der Waals surface area contributed by atoms with Gasteiger partial charge in [0, 0.05) is 22.7 Å². The molecular formula is C20H16BrNO2. The molecule has 3 rings (SSSR count). The van der Waals surface area contributed by atoms with Crippen LogP contribution in [0.15, 0.2) is 81.7 Å². The first-order valence-electron chi connectivity index (χ1n) is 7.56. The van der Waals surface area contributed by atoms with E-state index in [1.54, 1.807) is 6.08 Å². The van der Waals surface area contributed by atoms with E-state index in [-0.39, 0.29) is 5.91 Å². The molecule has 0 radical (unpaired) electrons. The Morgan fingerprint density at radius 1 is 1.00 bits per heavy atom. The SMILES string of the molecule is O=C(/C=C/c1ccc(-c2ccc(Br)cc2)o1)NCc1ccccc1. The minimum Gasteiger partial charge on any atom is -0.457 e. The van der Waals surface area contributed by atoms with Crippen molar-refractivity contribution in [1.82, 2.24) is 5.32 Å². The average Bonchev–Trinajstić information content (AvgIpc) is 3.09. The van der Waals surface area contributed by atoms with Gasteiger partial charge in [-0.25, -0.2) is 0 Å². The summed E-state index contributed by atoms with van der Waals surface area (Å²) in [6.45, 7) is 0.506. The minimum atomic E-state index is -0.152. The van der Waals surface area contributed by atoms with Gasteiger partial charge in [-0.05, 0) is 35.9 Å². The Balaban J connectivity index is 1.58. The van der Waals surface area contributed by atoms with Gasteiger partial charge in [0.25, 0.3) is 0 Å². The minimum absolute atomic E-state index is 0.152. The van der Waals surface area contributed by atoms with Gasteiger partial charge in [0.05, 0.1) is 0 Å². The molecule has 1 amide bonds. The van der Waals surface area contributed by atoms with Crippen LogP contribution in [0.2, 0.25) is 0 Å². The van der Waals surface area contributed by atoms with Gasteiger partial charge >= 0.3 is 0 Å². The van der Waals surface area contributed by atoms with Gasteiger partial charge in [0.15, 0.2) is 0 Å². The lowest BCUT2D eigenvalue weighted by molar-refractivity contribution is -0.116. The number of rotatable bonds is 5. The summed E-state index contributed by atoms with van der Waals surface area (Å²) < 4.78 is 6.76. The van der Waals surface area contributed by atoms with Crippen molar-refractivity contribution < 1.29 is 9.21 Å². The highest BCUT2D eigenvalue weighted by Crippen LogP contribution is 2.24. The normalized spacial score (nSPS) is 10.9. The van der Waals surface area contributed by atoms with Crippen molar-refractivity contribution in [3.63, 3.8) is 0 Å². The smallest absolute Gasteiger partial charge is 0.244 e. The Bertz CT molecular complexity index is 836. The van der Waals surface area contributed by atoms with E-state index < -0.39 is 0 Å². The van der Waals surface area contributed by atoms with Crippen LogP contribution in [0.1, 0.15) is 11.3 Å². The van der Waals surface area contributed by atoms with E-state index in [9.17, 15) is 4.79 Å². The zero-order valence-corrected chi connectivity index (χ0v) is 14.5. The van der Waals surface area contributed by atoms with E-state index in [4.69, 9.17) is 4.42 Å². The first-order valence-corrected chi connectivity index (χ1v) is 8.35. The van der Waals surface area contributed by atoms with Gasteiger partial charge in [0.1, 0.15) is 11.5 Å². The molecule has 0 atom stereocenters. The number of nitrogens with one attached hydrogen (secondary N) is 1. The lowest BCUT2D eigenvalue weighted by atomic mass is 10.2. The standard InChI is InChI=1S/C20H16BrNO2/c21-17-8-6-16(7-9-17)19-12-10-18(24-19)11-13-20(23)22-14-15-4-2-1-3-5-15/h1-13H,14H2,(H,22,23)/b13-11+. The summed E-state index contributed by atoms with van der Waals surface area (Å²) in [4.78, 5) is 11.9. The number of hydrogen-bond donors (Lipinski definition) is 1. The van der Waals surface area contributed by atoms with E-state index in [0.717, 1.165) is 21.4 Å². The summed E-state index contributed by atoms with van der Waals surface area (Å²) in [5, 5.41) is 2.84. The maximum atomic E-state index is 11.9. The third-order valence-electron chi connectivity index (χ3n) is 3.46. The molecule has 2 aromatic carbocycles. The molecule has 0 fully saturated rings. The van der Waals surface area contributed by atoms with Crippen molar-refractivity contribution in [3.05, 3.63) is 88.6 Å². The molecule has 24 heavy (non-hydrogen) atoms. The first kappa shape index (κ1) is 16.3. The zero-order valence-electron chi connectivity index (χ0n) is 12.9. The first-order chi connectivity index (χ1) is 11.7. The van der Waals surface area contributed by atoms with Crippen molar-refractivity contribution in [2.45, 2.75) is 6.54 Å². The van der Waals surface area contributed by atoms with Crippen molar-refractivity contribution in [2.75, 3.05) is 0 Å². The summed E-state index contributed by atoms with van der Waals surface area (Å²) >= 11 is 3.41. The molecule has 3 aromatic rings. The Kier molecular flexibility index (Phi) is 5.29. The molecule has 4 heteroatoms. The van der Waals surface area contributed by atoms with E-state index in [1.807, 2.05) is 66.7 Å². The van der Waals surface area contributed by atoms with Gasteiger partial charge in [-0.1, -0.05) is 58.4 Å². The molecule has 1 N–H and O–H groups in total. The van der Waals surface area contributed by atoms with Crippen LogP contribution in [0, 0.1) is 0 Å². The molecule has 0 aliphatic rings. The Morgan fingerprint density at radius 2 is 1.75 bits per heavy atom. The van der Waals surface area contributed by atoms with Gasteiger partial charge in [0.2, 0.25) is 5.91 Å². The molecule has 0 bridgehead atoms. The lowest BCUT2D eigenvalue weighted by Crippen LogP contribution is -2.20. The van der Waals surface area contributed by atoms with E-state index in [2.05, 4.69) is 21.2 Å². The topological polar surface area (TPSA) is 42.2 Å². The highest BCUT2D eigenvalue weighted by atomic mass is 79.9. The largest absolute Gasteiger partial charge is 0.457 e. The fraction of sp³-hybridized carbons (Fsp3) is 0.0500. The van der Waals surface area contributed by atoms with Gasteiger partial charge < -0.3 is 9.73 Å². The highest BCUT2D eigenvalue weighted by molar-refractivity contribution is 9.10. The summed E-state index contributed by atoms with van der Waals surface area (Å²) in [5.41, 5.74) is 2.06. The summed E-state index contributed by atoms with van der Waals surface area (Å²) in [6, 6.07) is 21.4. The number of carbonyl (C=O) groups excluding carboxylic acids is 1. The number of carbonyl (C=O) groups is 1. The van der Waals surface area contributed by atoms with Crippen molar-refractivity contribution in [2.24, 2.45) is 0 Å². The quantitative estimate of drug-likeness (QED) is 0.629. The number of amides is 1. The van der Waals surface area contributed by atoms with Gasteiger partial charge in [-0.15, -0.1) is 0 Å². The van der Waals surface area contributed by atoms with Crippen LogP contribution in [0.4, 0.5) is 0 Å². The number of furan rings is 1. The average molecular weight is 382 g/mol. The molecule has 0 saturated carbocycles. The predicted octanol–water partition coefficient (Wildman–Crippen LogP) is 5.04. The predicted molar refractivity (Wildman–Crippen MR) is 99.2 cm³/mol. The fourth-order valence-corrected chi connectivity index (χ4v) is 2.48. The maximum absolute atomic E-state index is 11.9. The Labute approximate surface area is 149 Å². The van der Waals surface area contributed by atoms with Crippen LogP contribution < -0.4 is 5.32 Å². The summed E-state index contributed by atoms with van der Waals surface area (Å²) in [6.07, 6.45) is 3.15. The second kappa shape index (κ2) is 7.79. The number of benzene rings is 2. The molecule has 1 aromatic heterocycles. The van der Waals surface area contributed by atoms with Crippen LogP contribution in [-0.4, -0.2) is 5.91 Å². The van der Waals surface area contributed by atoms with E-state index in [0.29, 0.717) is 12.3 Å². The lowest BCUT2D eigenvalue weighted by Gasteiger charge is -2.01. The van der Waals surface area contributed by atoms with Gasteiger partial charge in [-0.3, -0.25) is 4.79 Å². The van der Waals surface area contributed by atoms with E-state index >= 15 is 0 Å². The molecule has 0 spiro atoms. The molecule has 0 saturated heterocycles. The fourth-order valence-electron chi connectivity index (χ4n) is 2.21. The molecule has 0 aliphatic carbocycles. The van der Waals surface area contributed by atoms with Crippen LogP contribution in [0.25, 0.3) is 17.4 Å². The maximum Gasteiger partial charge on any atom is 0.244 e. The van der Waals surface area contributed by atoms with Gasteiger partial charge in [-0.2, -0.15) is 0 Å². The second-order valence-electron chi connectivity index (χ2n) is 5.25. The third-order valence-corrected chi connectivity index (χ3v) is 3.99. The Hall–Kier alpha value is -2.59. The zero-order chi connectivity index (χ0) is 16.8. The summed E-state index contributed by atoms with van der Waals surface area (Å²) in [5.74, 6) is 1.26. The highest BCUT2D eigenvalue weighted by Gasteiger charge is 2.03. The molecule has 0 aliphatic heterocycles. The van der Waals surface area contributed by atoms with Crippen LogP contribution >= 0.6 is 15.9 Å². The molecular weight excluding hydrogens is 366 g/mol. The Morgan fingerprint density at radius 3 is 2.50 bits per heavy atom. The van der Waals surface area contributed by atoms with Crippen molar-refractivity contribution >= 4 is 27.9 Å². The monoisotopic (exact) mass is 381 g/mol. The van der Waals surface area contributed by atoms with Crippen molar-refractivity contribution in [1.29, 1.82) is 0 Å².